The van der Waals surface area contributed by atoms with Crippen LogP contribution in [0.4, 0.5) is 5.69 Å². The van der Waals surface area contributed by atoms with E-state index >= 15 is 0 Å². The van der Waals surface area contributed by atoms with Gasteiger partial charge in [-0.15, -0.1) is 0 Å². The van der Waals surface area contributed by atoms with Gasteiger partial charge in [0, 0.05) is 30.7 Å². The zero-order valence-corrected chi connectivity index (χ0v) is 14.2. The van der Waals surface area contributed by atoms with Gasteiger partial charge in [0.05, 0.1) is 11.8 Å². The molecule has 0 saturated heterocycles. The summed E-state index contributed by atoms with van der Waals surface area (Å²) >= 11 is 0. The number of nitrogens with one attached hydrogen (secondary N) is 1. The fraction of sp³-hybridized carbons (Fsp3) is 0.350. The number of nitrogens with zero attached hydrogens (tertiary/aromatic N) is 2. The minimum absolute atomic E-state index is 0.0321. The molecule has 25 heavy (non-hydrogen) atoms. The first kappa shape index (κ1) is 15.8. The minimum Gasteiger partial charge on any atom is -0.352 e. The van der Waals surface area contributed by atoms with E-state index in [9.17, 15) is 9.59 Å². The van der Waals surface area contributed by atoms with Crippen molar-refractivity contribution in [1.29, 1.82) is 0 Å². The second-order valence-electron chi connectivity index (χ2n) is 6.91. The number of amides is 2. The number of benzene rings is 1. The minimum atomic E-state index is -0.200. The van der Waals surface area contributed by atoms with Crippen molar-refractivity contribution in [3.05, 3.63) is 59.9 Å². The summed E-state index contributed by atoms with van der Waals surface area (Å²) in [6.07, 6.45) is 4.94. The predicted molar refractivity (Wildman–Crippen MR) is 94.8 cm³/mol. The lowest BCUT2D eigenvalue weighted by molar-refractivity contribution is -0.126. The van der Waals surface area contributed by atoms with Crippen LogP contribution in [0.15, 0.2) is 48.8 Å². The summed E-state index contributed by atoms with van der Waals surface area (Å²) in [6, 6.07) is 11.9. The third-order valence-electron chi connectivity index (χ3n) is 5.11. The fourth-order valence-corrected chi connectivity index (χ4v) is 3.66. The molecule has 5 heteroatoms. The first-order valence-electron chi connectivity index (χ1n) is 8.72. The lowest BCUT2D eigenvalue weighted by atomic mass is 10.1. The van der Waals surface area contributed by atoms with E-state index in [2.05, 4.69) is 23.3 Å². The molecular formula is C20H21N3O2. The Kier molecular flexibility index (Phi) is 3.99. The summed E-state index contributed by atoms with van der Waals surface area (Å²) in [5.41, 5.74) is 3.22. The van der Waals surface area contributed by atoms with E-state index in [1.807, 2.05) is 35.2 Å². The molecular weight excluding hydrogens is 314 g/mol. The molecule has 3 atom stereocenters. The van der Waals surface area contributed by atoms with E-state index in [4.69, 9.17) is 0 Å². The molecule has 1 N–H and O–H groups in total. The van der Waals surface area contributed by atoms with Gasteiger partial charge in [0.1, 0.15) is 0 Å². The van der Waals surface area contributed by atoms with Crippen LogP contribution in [0.2, 0.25) is 0 Å². The molecule has 1 aromatic carbocycles. The van der Waals surface area contributed by atoms with Gasteiger partial charge in [-0.1, -0.05) is 18.2 Å². The summed E-state index contributed by atoms with van der Waals surface area (Å²) in [5.74, 6) is -0.336. The van der Waals surface area contributed by atoms with Crippen LogP contribution in [-0.2, 0) is 22.6 Å². The molecule has 0 bridgehead atoms. The molecule has 1 aliphatic carbocycles. The van der Waals surface area contributed by atoms with Gasteiger partial charge >= 0.3 is 0 Å². The highest BCUT2D eigenvalue weighted by molar-refractivity contribution is 6.02. The van der Waals surface area contributed by atoms with E-state index in [1.165, 1.54) is 5.56 Å². The molecule has 5 nitrogen and oxygen atoms in total. The van der Waals surface area contributed by atoms with Gasteiger partial charge in [-0.05, 0) is 49.1 Å². The molecule has 3 unspecified atom stereocenters. The Labute approximate surface area is 147 Å². The van der Waals surface area contributed by atoms with Crippen molar-refractivity contribution in [3.63, 3.8) is 0 Å². The van der Waals surface area contributed by atoms with Gasteiger partial charge in [-0.25, -0.2) is 0 Å². The Morgan fingerprint density at radius 3 is 2.72 bits per heavy atom. The molecule has 2 aliphatic rings. The van der Waals surface area contributed by atoms with Gasteiger partial charge < -0.3 is 10.2 Å². The zero-order valence-electron chi connectivity index (χ0n) is 14.2. The average molecular weight is 335 g/mol. The Morgan fingerprint density at radius 2 is 1.92 bits per heavy atom. The van der Waals surface area contributed by atoms with Crippen LogP contribution >= 0.6 is 0 Å². The number of hydrogen-bond acceptors (Lipinski definition) is 3. The molecule has 2 heterocycles. The Hall–Kier alpha value is -2.69. The largest absolute Gasteiger partial charge is 0.352 e. The Bertz CT molecular complexity index is 806. The second kappa shape index (κ2) is 6.31. The lowest BCUT2D eigenvalue weighted by Gasteiger charge is -2.23. The molecule has 1 aliphatic heterocycles. The monoisotopic (exact) mass is 335 g/mol. The van der Waals surface area contributed by atoms with Crippen LogP contribution in [-0.4, -0.2) is 22.8 Å². The second-order valence-corrected chi connectivity index (χ2v) is 6.91. The topological polar surface area (TPSA) is 62.3 Å². The standard InChI is InChI=1S/C20H21N3O2/c1-13-10-15-4-2-3-5-18(15)23(13)20(25)17-11-16(17)19(24)22-12-14-6-8-21-9-7-14/h2-9,13,16-17H,10-12H2,1H3,(H,22,24). The maximum absolute atomic E-state index is 12.9. The van der Waals surface area contributed by atoms with Crippen molar-refractivity contribution < 1.29 is 9.59 Å². The number of carbonyl (C=O) groups is 2. The molecule has 0 spiro atoms. The molecule has 1 fully saturated rings. The number of fused-ring (bicyclic) bond motifs is 1. The van der Waals surface area contributed by atoms with Crippen molar-refractivity contribution in [2.45, 2.75) is 32.4 Å². The molecule has 1 saturated carbocycles. The summed E-state index contributed by atoms with van der Waals surface area (Å²) < 4.78 is 0. The van der Waals surface area contributed by atoms with Crippen LogP contribution in [0, 0.1) is 11.8 Å². The summed E-state index contributed by atoms with van der Waals surface area (Å²) in [7, 11) is 0. The van der Waals surface area contributed by atoms with E-state index in [0.29, 0.717) is 13.0 Å². The number of aromatic nitrogens is 1. The third-order valence-corrected chi connectivity index (χ3v) is 5.11. The Morgan fingerprint density at radius 1 is 1.16 bits per heavy atom. The first-order valence-corrected chi connectivity index (χ1v) is 8.72. The predicted octanol–water partition coefficient (Wildman–Crippen LogP) is 2.31. The smallest absolute Gasteiger partial charge is 0.231 e. The number of rotatable bonds is 4. The third kappa shape index (κ3) is 3.02. The first-order chi connectivity index (χ1) is 12.1. The average Bonchev–Trinajstić information content (AvgIpc) is 3.36. The molecule has 2 amide bonds. The molecule has 1 aromatic heterocycles. The number of hydrogen-bond donors (Lipinski definition) is 1. The summed E-state index contributed by atoms with van der Waals surface area (Å²) in [5, 5.41) is 2.93. The van der Waals surface area contributed by atoms with Crippen molar-refractivity contribution in [2.75, 3.05) is 4.90 Å². The van der Waals surface area contributed by atoms with Gasteiger partial charge in [-0.2, -0.15) is 0 Å². The van der Waals surface area contributed by atoms with Crippen LogP contribution in [0.5, 0.6) is 0 Å². The quantitative estimate of drug-likeness (QED) is 0.933. The van der Waals surface area contributed by atoms with Crippen molar-refractivity contribution in [3.8, 4) is 0 Å². The van der Waals surface area contributed by atoms with Gasteiger partial charge in [-0.3, -0.25) is 14.6 Å². The van der Waals surface area contributed by atoms with E-state index in [1.54, 1.807) is 12.4 Å². The fourth-order valence-electron chi connectivity index (χ4n) is 3.66. The van der Waals surface area contributed by atoms with Crippen molar-refractivity contribution in [2.24, 2.45) is 11.8 Å². The molecule has 4 rings (SSSR count). The van der Waals surface area contributed by atoms with E-state index < -0.39 is 0 Å². The van der Waals surface area contributed by atoms with Gasteiger partial charge in [0.2, 0.25) is 11.8 Å². The maximum atomic E-state index is 12.9. The molecule has 0 radical (unpaired) electrons. The van der Waals surface area contributed by atoms with Crippen LogP contribution in [0.1, 0.15) is 24.5 Å². The highest BCUT2D eigenvalue weighted by atomic mass is 16.2. The number of pyridine rings is 1. The lowest BCUT2D eigenvalue weighted by Crippen LogP contribution is -2.38. The van der Waals surface area contributed by atoms with Gasteiger partial charge in [0.25, 0.3) is 0 Å². The number of para-hydroxylation sites is 1. The molecule has 128 valence electrons. The van der Waals surface area contributed by atoms with Crippen LogP contribution in [0.3, 0.4) is 0 Å². The Balaban J connectivity index is 1.38. The highest BCUT2D eigenvalue weighted by Crippen LogP contribution is 2.43. The number of carbonyl (C=O) groups excluding carboxylic acids is 2. The zero-order chi connectivity index (χ0) is 17.4. The van der Waals surface area contributed by atoms with Crippen molar-refractivity contribution in [1.82, 2.24) is 10.3 Å². The van der Waals surface area contributed by atoms with Crippen LogP contribution < -0.4 is 10.2 Å². The number of anilines is 1. The van der Waals surface area contributed by atoms with Gasteiger partial charge in [0.15, 0.2) is 0 Å². The molecule has 2 aromatic rings. The maximum Gasteiger partial charge on any atom is 0.231 e. The SMILES string of the molecule is CC1Cc2ccccc2N1C(=O)C1CC1C(=O)NCc1ccncc1. The van der Waals surface area contributed by atoms with E-state index in [0.717, 1.165) is 17.7 Å². The summed E-state index contributed by atoms with van der Waals surface area (Å²) in [4.78, 5) is 31.1. The van der Waals surface area contributed by atoms with Crippen LogP contribution in [0.25, 0.3) is 0 Å². The summed E-state index contributed by atoms with van der Waals surface area (Å²) in [6.45, 7) is 2.54. The highest BCUT2D eigenvalue weighted by Gasteiger charge is 2.51. The van der Waals surface area contributed by atoms with E-state index in [-0.39, 0.29) is 29.7 Å². The van der Waals surface area contributed by atoms with Crippen molar-refractivity contribution >= 4 is 17.5 Å². The normalized spacial score (nSPS) is 23.9.